The Morgan fingerprint density at radius 2 is 2.07 bits per heavy atom. The molecule has 0 unspecified atom stereocenters. The van der Waals surface area contributed by atoms with Gasteiger partial charge in [-0.25, -0.2) is 4.98 Å². The zero-order valence-electron chi connectivity index (χ0n) is 15.5. The molecular formula is C21H16N4O3S. The van der Waals surface area contributed by atoms with Gasteiger partial charge in [-0.1, -0.05) is 42.0 Å². The zero-order valence-corrected chi connectivity index (χ0v) is 16.3. The summed E-state index contributed by atoms with van der Waals surface area (Å²) in [5.74, 6) is -0.616. The molecule has 0 spiro atoms. The van der Waals surface area contributed by atoms with Crippen LogP contribution in [0.1, 0.15) is 21.6 Å². The van der Waals surface area contributed by atoms with Gasteiger partial charge in [-0.3, -0.25) is 20.2 Å². The average Bonchev–Trinajstić information content (AvgIpc) is 3.14. The van der Waals surface area contributed by atoms with E-state index in [-0.39, 0.29) is 11.3 Å². The third kappa shape index (κ3) is 5.34. The number of nitriles is 1. The first-order valence-electron chi connectivity index (χ1n) is 8.62. The Balaban J connectivity index is 1.71. The van der Waals surface area contributed by atoms with E-state index in [1.165, 1.54) is 41.2 Å². The minimum absolute atomic E-state index is 0.114. The van der Waals surface area contributed by atoms with E-state index in [4.69, 9.17) is 0 Å². The molecule has 0 fully saturated rings. The minimum Gasteiger partial charge on any atom is -0.297 e. The van der Waals surface area contributed by atoms with Gasteiger partial charge in [-0.2, -0.15) is 5.26 Å². The number of nitro benzene ring substituents is 1. The van der Waals surface area contributed by atoms with Gasteiger partial charge >= 0.3 is 0 Å². The lowest BCUT2D eigenvalue weighted by molar-refractivity contribution is -0.384. The number of nitrogens with one attached hydrogen (secondary N) is 1. The van der Waals surface area contributed by atoms with E-state index in [0.29, 0.717) is 17.1 Å². The van der Waals surface area contributed by atoms with Gasteiger partial charge in [0.2, 0.25) is 0 Å². The van der Waals surface area contributed by atoms with Gasteiger partial charge in [-0.15, -0.1) is 11.3 Å². The summed E-state index contributed by atoms with van der Waals surface area (Å²) in [6, 6.07) is 15.7. The molecule has 2 aromatic carbocycles. The van der Waals surface area contributed by atoms with Crippen molar-refractivity contribution < 1.29 is 9.72 Å². The molecule has 0 bridgehead atoms. The molecule has 0 saturated carbocycles. The molecule has 1 aromatic heterocycles. The third-order valence-electron chi connectivity index (χ3n) is 4.03. The molecule has 0 aliphatic carbocycles. The molecule has 1 heterocycles. The van der Waals surface area contributed by atoms with Gasteiger partial charge in [0, 0.05) is 29.6 Å². The van der Waals surface area contributed by atoms with Crippen molar-refractivity contribution in [3.8, 4) is 6.07 Å². The number of hydrogen-bond acceptors (Lipinski definition) is 6. The maximum absolute atomic E-state index is 12.4. The summed E-state index contributed by atoms with van der Waals surface area (Å²) in [4.78, 5) is 27.9. The number of anilines is 1. The number of nitro groups is 1. The Kier molecular flexibility index (Phi) is 6.12. The van der Waals surface area contributed by atoms with Crippen molar-refractivity contribution in [2.45, 2.75) is 13.3 Å². The van der Waals surface area contributed by atoms with Crippen molar-refractivity contribution in [3.63, 3.8) is 0 Å². The summed E-state index contributed by atoms with van der Waals surface area (Å²) in [6.45, 7) is 2.03. The predicted molar refractivity (Wildman–Crippen MR) is 111 cm³/mol. The van der Waals surface area contributed by atoms with Crippen molar-refractivity contribution in [1.82, 2.24) is 4.98 Å². The number of thiazole rings is 1. The number of amides is 1. The topological polar surface area (TPSA) is 109 Å². The standard InChI is InChI=1S/C21H16N4O3S/c1-14-5-7-15(8-6-14)11-19-13-23-21(29-19)24-20(26)17(12-22)9-16-3-2-4-18(10-16)25(27)28/h2-10,13H,11H2,1H3,(H,23,24,26). The third-order valence-corrected chi connectivity index (χ3v) is 4.94. The Bertz CT molecular complexity index is 1130. The number of hydrogen-bond donors (Lipinski definition) is 1. The smallest absolute Gasteiger partial charge is 0.270 e. The first-order chi connectivity index (χ1) is 13.9. The molecule has 3 rings (SSSR count). The molecule has 7 nitrogen and oxygen atoms in total. The van der Waals surface area contributed by atoms with E-state index in [2.05, 4.69) is 10.3 Å². The van der Waals surface area contributed by atoms with Crippen LogP contribution in [0.3, 0.4) is 0 Å². The Labute approximate surface area is 171 Å². The highest BCUT2D eigenvalue weighted by Crippen LogP contribution is 2.22. The normalized spacial score (nSPS) is 11.0. The maximum atomic E-state index is 12.4. The largest absolute Gasteiger partial charge is 0.297 e. The highest BCUT2D eigenvalue weighted by Gasteiger charge is 2.13. The van der Waals surface area contributed by atoms with E-state index in [9.17, 15) is 20.2 Å². The molecule has 0 atom stereocenters. The zero-order chi connectivity index (χ0) is 20.8. The summed E-state index contributed by atoms with van der Waals surface area (Å²) in [7, 11) is 0. The van der Waals surface area contributed by atoms with Gasteiger partial charge in [-0.05, 0) is 24.1 Å². The number of carbonyl (C=O) groups is 1. The highest BCUT2D eigenvalue weighted by molar-refractivity contribution is 7.15. The van der Waals surface area contributed by atoms with Crippen molar-refractivity contribution in [2.24, 2.45) is 0 Å². The fourth-order valence-electron chi connectivity index (χ4n) is 2.56. The van der Waals surface area contributed by atoms with E-state index in [0.717, 1.165) is 10.4 Å². The van der Waals surface area contributed by atoms with Crippen LogP contribution in [-0.2, 0) is 11.2 Å². The monoisotopic (exact) mass is 404 g/mol. The van der Waals surface area contributed by atoms with Crippen LogP contribution in [0.4, 0.5) is 10.8 Å². The number of aryl methyl sites for hydroxylation is 1. The molecule has 1 amide bonds. The first-order valence-corrected chi connectivity index (χ1v) is 9.44. The predicted octanol–water partition coefficient (Wildman–Crippen LogP) is 4.50. The molecule has 0 radical (unpaired) electrons. The number of rotatable bonds is 6. The van der Waals surface area contributed by atoms with Gasteiger partial charge in [0.1, 0.15) is 11.6 Å². The lowest BCUT2D eigenvalue weighted by atomic mass is 10.1. The minimum atomic E-state index is -0.616. The van der Waals surface area contributed by atoms with Crippen LogP contribution in [0.15, 0.2) is 60.3 Å². The molecule has 144 valence electrons. The van der Waals surface area contributed by atoms with Gasteiger partial charge in [0.15, 0.2) is 5.13 Å². The lowest BCUT2D eigenvalue weighted by Gasteiger charge is -2.01. The number of carbonyl (C=O) groups excluding carboxylic acids is 1. The van der Waals surface area contributed by atoms with E-state index in [1.54, 1.807) is 12.3 Å². The second-order valence-corrected chi connectivity index (χ2v) is 7.39. The fraction of sp³-hybridized carbons (Fsp3) is 0.0952. The van der Waals surface area contributed by atoms with Crippen molar-refractivity contribution in [1.29, 1.82) is 5.26 Å². The number of aromatic nitrogens is 1. The second-order valence-electron chi connectivity index (χ2n) is 6.27. The summed E-state index contributed by atoms with van der Waals surface area (Å²) in [5.41, 5.74) is 2.44. The second kappa shape index (κ2) is 8.91. The van der Waals surface area contributed by atoms with Gasteiger partial charge < -0.3 is 0 Å². The van der Waals surface area contributed by atoms with Crippen molar-refractivity contribution in [3.05, 3.63) is 92.0 Å². The maximum Gasteiger partial charge on any atom is 0.270 e. The molecular weight excluding hydrogens is 388 g/mol. The fourth-order valence-corrected chi connectivity index (χ4v) is 3.40. The average molecular weight is 404 g/mol. The lowest BCUT2D eigenvalue weighted by Crippen LogP contribution is -2.13. The van der Waals surface area contributed by atoms with Gasteiger partial charge in [0.05, 0.1) is 4.92 Å². The van der Waals surface area contributed by atoms with Crippen LogP contribution >= 0.6 is 11.3 Å². The Hall–Kier alpha value is -3.83. The number of nitrogens with zero attached hydrogens (tertiary/aromatic N) is 3. The van der Waals surface area contributed by atoms with Crippen LogP contribution in [-0.4, -0.2) is 15.8 Å². The van der Waals surface area contributed by atoms with Crippen LogP contribution in [0, 0.1) is 28.4 Å². The van der Waals surface area contributed by atoms with Crippen LogP contribution in [0.2, 0.25) is 0 Å². The van der Waals surface area contributed by atoms with E-state index in [1.807, 2.05) is 37.3 Å². The summed E-state index contributed by atoms with van der Waals surface area (Å²) < 4.78 is 0. The molecule has 0 saturated heterocycles. The highest BCUT2D eigenvalue weighted by atomic mass is 32.1. The summed E-state index contributed by atoms with van der Waals surface area (Å²) in [5, 5.41) is 23.2. The number of non-ortho nitro benzene ring substituents is 1. The summed E-state index contributed by atoms with van der Waals surface area (Å²) in [6.07, 6.45) is 3.70. The molecule has 0 aliphatic heterocycles. The molecule has 0 aliphatic rings. The SMILES string of the molecule is Cc1ccc(Cc2cnc(NC(=O)C(C#N)=Cc3cccc([N+](=O)[O-])c3)s2)cc1. The van der Waals surface area contributed by atoms with Crippen molar-refractivity contribution >= 4 is 34.1 Å². The Morgan fingerprint density at radius 3 is 2.76 bits per heavy atom. The van der Waals surface area contributed by atoms with Crippen molar-refractivity contribution in [2.75, 3.05) is 5.32 Å². The molecule has 1 N–H and O–H groups in total. The van der Waals surface area contributed by atoms with E-state index >= 15 is 0 Å². The molecule has 8 heteroatoms. The van der Waals surface area contributed by atoms with Crippen LogP contribution in [0.5, 0.6) is 0 Å². The molecule has 29 heavy (non-hydrogen) atoms. The quantitative estimate of drug-likeness (QED) is 0.282. The van der Waals surface area contributed by atoms with E-state index < -0.39 is 10.8 Å². The Morgan fingerprint density at radius 1 is 1.31 bits per heavy atom. The summed E-state index contributed by atoms with van der Waals surface area (Å²) >= 11 is 1.33. The van der Waals surface area contributed by atoms with Crippen LogP contribution < -0.4 is 5.32 Å². The molecule has 3 aromatic rings. The van der Waals surface area contributed by atoms with Crippen LogP contribution in [0.25, 0.3) is 6.08 Å². The van der Waals surface area contributed by atoms with Gasteiger partial charge in [0.25, 0.3) is 11.6 Å². The number of benzene rings is 2. The first kappa shape index (κ1) is 19.9.